The lowest BCUT2D eigenvalue weighted by Crippen LogP contribution is -2.22. The Kier molecular flexibility index (Phi) is 10.3. The molecule has 150 valence electrons. The van der Waals surface area contributed by atoms with Crippen LogP contribution in [0.5, 0.6) is 0 Å². The molecular weight excluding hydrogens is 392 g/mol. The van der Waals surface area contributed by atoms with Gasteiger partial charge in [-0.1, -0.05) is 33.8 Å². The van der Waals surface area contributed by atoms with E-state index in [1.54, 1.807) is 11.3 Å². The van der Waals surface area contributed by atoms with Gasteiger partial charge in [0.15, 0.2) is 0 Å². The molecule has 1 unspecified atom stereocenters. The van der Waals surface area contributed by atoms with Crippen LogP contribution in [0.2, 0.25) is 0 Å². The minimum atomic E-state index is -1.19. The highest BCUT2D eigenvalue weighted by Crippen LogP contribution is 2.58. The fourth-order valence-corrected chi connectivity index (χ4v) is 7.47. The molecule has 1 aromatic carbocycles. The van der Waals surface area contributed by atoms with E-state index in [0.29, 0.717) is 0 Å². The summed E-state index contributed by atoms with van der Waals surface area (Å²) in [5, 5.41) is 9.05. The molecule has 0 bridgehead atoms. The molecule has 3 rings (SSSR count). The first-order chi connectivity index (χ1) is 13.0. The maximum absolute atomic E-state index is 12.7. The third-order valence-corrected chi connectivity index (χ3v) is 10.4. The van der Waals surface area contributed by atoms with E-state index in [1.165, 1.54) is 9.10 Å². The molecule has 0 spiro atoms. The lowest BCUT2D eigenvalue weighted by molar-refractivity contribution is 0.535. The summed E-state index contributed by atoms with van der Waals surface area (Å²) in [6.07, 6.45) is 6.73. The highest BCUT2D eigenvalue weighted by molar-refractivity contribution is 8.33. The van der Waals surface area contributed by atoms with Crippen molar-refractivity contribution in [2.75, 3.05) is 25.6 Å². The lowest BCUT2D eigenvalue weighted by Gasteiger charge is -2.31. The molecule has 0 radical (unpaired) electrons. The highest BCUT2D eigenvalue weighted by Gasteiger charge is 2.23. The first-order valence-electron chi connectivity index (χ1n) is 9.52. The van der Waals surface area contributed by atoms with Crippen LogP contribution in [0, 0.1) is 11.3 Å². The maximum Gasteiger partial charge on any atom is 0.127 e. The molecule has 0 amide bonds. The fraction of sp³-hybridized carbons (Fsp3) is 0.476. The molecule has 0 saturated carbocycles. The van der Waals surface area contributed by atoms with Crippen molar-refractivity contribution in [1.29, 1.82) is 5.26 Å². The van der Waals surface area contributed by atoms with Crippen molar-refractivity contribution in [2.24, 2.45) is 0 Å². The zero-order valence-electron chi connectivity index (χ0n) is 17.3. The van der Waals surface area contributed by atoms with Crippen molar-refractivity contribution in [3.8, 4) is 6.07 Å². The molecule has 1 saturated heterocycles. The zero-order valence-corrected chi connectivity index (χ0v) is 19.8. The third-order valence-electron chi connectivity index (χ3n) is 4.09. The van der Waals surface area contributed by atoms with Crippen molar-refractivity contribution in [3.05, 3.63) is 41.3 Å². The maximum atomic E-state index is 12.7. The summed E-state index contributed by atoms with van der Waals surface area (Å²) in [4.78, 5) is 2.85. The van der Waals surface area contributed by atoms with Crippen molar-refractivity contribution >= 4 is 32.4 Å². The van der Waals surface area contributed by atoms with Gasteiger partial charge in [-0.05, 0) is 60.6 Å². The van der Waals surface area contributed by atoms with Crippen LogP contribution in [0.15, 0.2) is 50.4 Å². The van der Waals surface area contributed by atoms with Crippen molar-refractivity contribution in [1.82, 2.24) is 4.31 Å². The molecule has 2 heterocycles. The van der Waals surface area contributed by atoms with E-state index >= 15 is 0 Å². The quantitative estimate of drug-likeness (QED) is 0.580. The number of thiophene rings is 1. The van der Waals surface area contributed by atoms with Gasteiger partial charge in [0.05, 0.1) is 4.90 Å². The van der Waals surface area contributed by atoms with Gasteiger partial charge in [-0.3, -0.25) is 0 Å². The average molecular weight is 425 g/mol. The second-order valence-corrected chi connectivity index (χ2v) is 12.3. The Hall–Kier alpha value is -1.13. The van der Waals surface area contributed by atoms with Crippen LogP contribution in [0.4, 0.5) is 0 Å². The number of hydrogen-bond donors (Lipinski definition) is 0. The Bertz CT molecular complexity index is 772. The van der Waals surface area contributed by atoms with E-state index in [2.05, 4.69) is 41.1 Å². The standard InChI is InChI=1S/C17H20N2OS3.2C2H6/c1-23(2,17-9-8-14(13-18)21-17)16-7-5-6-15(12-16)22(20)19-10-3-4-11-19;2*1-2/h5-9,12H,3-4,10-11H2,1-2H3;2*1-2H3. The molecule has 27 heavy (non-hydrogen) atoms. The van der Waals surface area contributed by atoms with E-state index in [4.69, 9.17) is 5.26 Å². The van der Waals surface area contributed by atoms with Crippen LogP contribution in [0.3, 0.4) is 0 Å². The van der Waals surface area contributed by atoms with Crippen LogP contribution in [-0.4, -0.2) is 34.1 Å². The molecule has 1 fully saturated rings. The summed E-state index contributed by atoms with van der Waals surface area (Å²) in [5.74, 6) is 0. The molecule has 0 N–H and O–H groups in total. The number of nitrogens with zero attached hydrogens (tertiary/aromatic N) is 2. The van der Waals surface area contributed by atoms with Gasteiger partial charge in [0, 0.05) is 17.3 Å². The summed E-state index contributed by atoms with van der Waals surface area (Å²) in [6, 6.07) is 14.3. The minimum Gasteiger partial charge on any atom is -0.237 e. The Labute approximate surface area is 173 Å². The monoisotopic (exact) mass is 424 g/mol. The van der Waals surface area contributed by atoms with E-state index in [-0.39, 0.29) is 0 Å². The van der Waals surface area contributed by atoms with Crippen LogP contribution in [0.25, 0.3) is 0 Å². The highest BCUT2D eigenvalue weighted by atomic mass is 32.3. The van der Waals surface area contributed by atoms with Crippen LogP contribution in [-0.2, 0) is 11.0 Å². The summed E-state index contributed by atoms with van der Waals surface area (Å²) >= 11 is 1.56. The van der Waals surface area contributed by atoms with Crippen molar-refractivity contribution in [3.63, 3.8) is 0 Å². The lowest BCUT2D eigenvalue weighted by atomic mass is 10.4. The zero-order chi connectivity index (χ0) is 20.4. The second kappa shape index (κ2) is 11.7. The van der Waals surface area contributed by atoms with Gasteiger partial charge in [0.2, 0.25) is 0 Å². The number of hydrogen-bond acceptors (Lipinski definition) is 3. The largest absolute Gasteiger partial charge is 0.237 e. The van der Waals surface area contributed by atoms with E-state index in [0.717, 1.165) is 35.7 Å². The minimum absolute atomic E-state index is 0.748. The van der Waals surface area contributed by atoms with Crippen LogP contribution in [0.1, 0.15) is 45.4 Å². The predicted octanol–water partition coefficient (Wildman–Crippen LogP) is 6.27. The van der Waals surface area contributed by atoms with Gasteiger partial charge in [-0.2, -0.15) is 15.3 Å². The summed E-state index contributed by atoms with van der Waals surface area (Å²) < 4.78 is 16.0. The second-order valence-electron chi connectivity index (χ2n) is 5.92. The Morgan fingerprint density at radius 3 is 2.26 bits per heavy atom. The Balaban J connectivity index is 0.000000855. The molecule has 1 aromatic heterocycles. The number of nitriles is 1. The first kappa shape index (κ1) is 23.9. The summed E-state index contributed by atoms with van der Waals surface area (Å²) in [6.45, 7) is 9.84. The van der Waals surface area contributed by atoms with Crippen LogP contribution < -0.4 is 0 Å². The topological polar surface area (TPSA) is 44.1 Å². The molecule has 1 aliphatic heterocycles. The molecule has 1 aliphatic rings. The smallest absolute Gasteiger partial charge is 0.127 e. The molecule has 3 nitrogen and oxygen atoms in total. The number of rotatable bonds is 4. The summed E-state index contributed by atoms with van der Waals surface area (Å²) in [7, 11) is -2.25. The van der Waals surface area contributed by atoms with E-state index in [1.807, 2.05) is 45.9 Å². The van der Waals surface area contributed by atoms with Crippen LogP contribution >= 0.6 is 21.4 Å². The van der Waals surface area contributed by atoms with Gasteiger partial charge in [-0.15, -0.1) is 11.3 Å². The van der Waals surface area contributed by atoms with Crippen molar-refractivity contribution < 1.29 is 4.21 Å². The average Bonchev–Trinajstić information content (AvgIpc) is 3.43. The molecular formula is C21H32N2OS3. The van der Waals surface area contributed by atoms with Crippen molar-refractivity contribution in [2.45, 2.75) is 54.5 Å². The molecule has 2 aromatic rings. The summed E-state index contributed by atoms with van der Waals surface area (Å²) in [5.41, 5.74) is 0. The van der Waals surface area contributed by atoms with Gasteiger partial charge < -0.3 is 0 Å². The van der Waals surface area contributed by atoms with Gasteiger partial charge >= 0.3 is 0 Å². The van der Waals surface area contributed by atoms with E-state index in [9.17, 15) is 4.21 Å². The fourth-order valence-electron chi connectivity index (χ4n) is 2.67. The SMILES string of the molecule is CC.CC.CS(C)(c1cccc(S(=O)N2CCCC2)c1)c1ccc(C#N)s1. The number of benzene rings is 1. The van der Waals surface area contributed by atoms with E-state index < -0.39 is 21.0 Å². The Morgan fingerprint density at radius 1 is 1.07 bits per heavy atom. The van der Waals surface area contributed by atoms with Gasteiger partial charge in [-0.25, -0.2) is 8.51 Å². The van der Waals surface area contributed by atoms with Gasteiger partial charge in [0.25, 0.3) is 0 Å². The Morgan fingerprint density at radius 2 is 1.70 bits per heavy atom. The third kappa shape index (κ3) is 5.92. The first-order valence-corrected chi connectivity index (χ1v) is 13.9. The normalized spacial score (nSPS) is 15.6. The van der Waals surface area contributed by atoms with Gasteiger partial charge in [0.1, 0.15) is 21.9 Å². The molecule has 6 heteroatoms. The predicted molar refractivity (Wildman–Crippen MR) is 121 cm³/mol. The molecule has 0 aliphatic carbocycles. The molecule has 1 atom stereocenters.